The van der Waals surface area contributed by atoms with Crippen LogP contribution in [0.3, 0.4) is 0 Å². The number of nitrogens with zero attached hydrogens (tertiary/aromatic N) is 1. The Kier molecular flexibility index (Phi) is 51.8. The van der Waals surface area contributed by atoms with Gasteiger partial charge in [0, 0.05) is 6.42 Å². The number of likely N-dealkylation sites (N-methyl/N-ethyl adjacent to an activating group) is 1. The first-order chi connectivity index (χ1) is 35.0. The van der Waals surface area contributed by atoms with Gasteiger partial charge in [-0.25, -0.2) is 0 Å². The Bertz CT molecular complexity index is 1450. The first-order valence-electron chi connectivity index (χ1n) is 29.9. The fourth-order valence-corrected chi connectivity index (χ4v) is 9.16. The molecule has 0 radical (unpaired) electrons. The molecule has 418 valence electrons. The molecular formula is C63H115N2O6P. The van der Waals surface area contributed by atoms with Crippen molar-refractivity contribution >= 4 is 13.7 Å². The normalized spacial score (nSPS) is 14.5. The maximum atomic E-state index is 13.0. The van der Waals surface area contributed by atoms with Crippen LogP contribution in [0.15, 0.2) is 85.1 Å². The number of hydrogen-bond acceptors (Lipinski definition) is 6. The number of aliphatic hydroxyl groups excluding tert-OH is 1. The van der Waals surface area contributed by atoms with Crippen LogP contribution in [-0.2, 0) is 18.4 Å². The van der Waals surface area contributed by atoms with E-state index < -0.39 is 26.6 Å². The number of allylic oxidation sites excluding steroid dienone is 13. The van der Waals surface area contributed by atoms with Gasteiger partial charge >= 0.3 is 0 Å². The van der Waals surface area contributed by atoms with E-state index in [2.05, 4.69) is 92.1 Å². The monoisotopic (exact) mass is 1030 g/mol. The third-order valence-electron chi connectivity index (χ3n) is 13.1. The summed E-state index contributed by atoms with van der Waals surface area (Å²) in [5, 5.41) is 13.9. The summed E-state index contributed by atoms with van der Waals surface area (Å²) < 4.78 is 23.3. The van der Waals surface area contributed by atoms with E-state index in [4.69, 9.17) is 9.05 Å². The van der Waals surface area contributed by atoms with Crippen molar-refractivity contribution in [3.8, 4) is 0 Å². The second-order valence-electron chi connectivity index (χ2n) is 21.3. The smallest absolute Gasteiger partial charge is 0.268 e. The molecule has 8 nitrogen and oxygen atoms in total. The van der Waals surface area contributed by atoms with Crippen LogP contribution in [0.25, 0.3) is 0 Å². The fourth-order valence-electron chi connectivity index (χ4n) is 8.43. The van der Waals surface area contributed by atoms with Crippen molar-refractivity contribution in [3.05, 3.63) is 85.1 Å². The minimum Gasteiger partial charge on any atom is -0.756 e. The Morgan fingerprint density at radius 1 is 0.500 bits per heavy atom. The number of phosphoric ester groups is 1. The standard InChI is InChI=1S/C63H115N2O6P/c1-6-8-10-12-14-16-18-20-22-24-26-28-30-31-32-33-35-36-38-40-42-44-46-48-50-52-54-56-62(66)61(60-71-72(68,69)70-59-58-65(3,4)5)64-63(67)57-55-53-51-49-47-45-43-41-39-37-34-29-27-25-23-21-19-17-15-13-11-9-7-2/h9,11,15,17,21,23,27,29,37,39,46,48,54,56,61-62,66H,6-8,10,12-14,16,18-20,22,24-26,28,30-36,38,40-45,47,49-53,55,57-60H2,1-5H3,(H-,64,67,68,69)/b11-9-,17-15-,23-21-,29-27-,39-37-,48-46+,56-54+. The van der Waals surface area contributed by atoms with Crippen LogP contribution < -0.4 is 10.2 Å². The third-order valence-corrected chi connectivity index (χ3v) is 14.1. The molecule has 0 aliphatic rings. The van der Waals surface area contributed by atoms with E-state index in [1.165, 1.54) is 154 Å². The molecule has 2 N–H and O–H groups in total. The van der Waals surface area contributed by atoms with E-state index in [1.54, 1.807) is 6.08 Å². The molecule has 3 unspecified atom stereocenters. The predicted octanol–water partition coefficient (Wildman–Crippen LogP) is 17.8. The predicted molar refractivity (Wildman–Crippen MR) is 311 cm³/mol. The summed E-state index contributed by atoms with van der Waals surface area (Å²) in [5.41, 5.74) is 0. The number of unbranched alkanes of at least 4 members (excludes halogenated alkanes) is 29. The van der Waals surface area contributed by atoms with E-state index in [0.717, 1.165) is 83.5 Å². The zero-order chi connectivity index (χ0) is 52.7. The largest absolute Gasteiger partial charge is 0.756 e. The van der Waals surface area contributed by atoms with Gasteiger partial charge in [0.25, 0.3) is 7.82 Å². The summed E-state index contributed by atoms with van der Waals surface area (Å²) in [7, 11) is 1.23. The lowest BCUT2D eigenvalue weighted by molar-refractivity contribution is -0.870. The molecule has 0 aliphatic carbocycles. The maximum Gasteiger partial charge on any atom is 0.268 e. The molecule has 3 atom stereocenters. The number of carbonyl (C=O) groups excluding carboxylic acids is 1. The van der Waals surface area contributed by atoms with E-state index in [9.17, 15) is 19.4 Å². The highest BCUT2D eigenvalue weighted by Crippen LogP contribution is 2.38. The van der Waals surface area contributed by atoms with Crippen molar-refractivity contribution in [2.24, 2.45) is 0 Å². The molecule has 0 spiro atoms. The van der Waals surface area contributed by atoms with E-state index in [-0.39, 0.29) is 12.5 Å². The van der Waals surface area contributed by atoms with Gasteiger partial charge in [0.2, 0.25) is 5.91 Å². The molecule has 0 saturated carbocycles. The second kappa shape index (κ2) is 53.5. The van der Waals surface area contributed by atoms with Gasteiger partial charge in [0.15, 0.2) is 0 Å². The summed E-state index contributed by atoms with van der Waals surface area (Å²) >= 11 is 0. The number of hydrogen-bond donors (Lipinski definition) is 2. The van der Waals surface area contributed by atoms with Gasteiger partial charge in [-0.05, 0) is 77.0 Å². The number of amides is 1. The highest BCUT2D eigenvalue weighted by Gasteiger charge is 2.23. The van der Waals surface area contributed by atoms with Gasteiger partial charge in [-0.1, -0.05) is 259 Å². The van der Waals surface area contributed by atoms with E-state index in [1.807, 2.05) is 27.2 Å². The van der Waals surface area contributed by atoms with Gasteiger partial charge in [-0.2, -0.15) is 0 Å². The van der Waals surface area contributed by atoms with Crippen molar-refractivity contribution in [3.63, 3.8) is 0 Å². The molecule has 0 rings (SSSR count). The molecule has 0 aromatic rings. The van der Waals surface area contributed by atoms with Crippen molar-refractivity contribution in [2.45, 2.75) is 270 Å². The first kappa shape index (κ1) is 69.7. The topological polar surface area (TPSA) is 108 Å². The molecule has 0 aromatic carbocycles. The Labute approximate surface area is 446 Å². The first-order valence-corrected chi connectivity index (χ1v) is 31.4. The van der Waals surface area contributed by atoms with Crippen LogP contribution in [0.2, 0.25) is 0 Å². The molecule has 9 heteroatoms. The summed E-state index contributed by atoms with van der Waals surface area (Å²) in [6.45, 7) is 4.52. The lowest BCUT2D eigenvalue weighted by Crippen LogP contribution is -2.45. The van der Waals surface area contributed by atoms with Crippen LogP contribution >= 0.6 is 7.82 Å². The van der Waals surface area contributed by atoms with Gasteiger partial charge in [-0.3, -0.25) is 9.36 Å². The number of nitrogens with one attached hydrogen (secondary N) is 1. The molecule has 0 saturated heterocycles. The van der Waals surface area contributed by atoms with Crippen LogP contribution in [0.4, 0.5) is 0 Å². The van der Waals surface area contributed by atoms with E-state index >= 15 is 0 Å². The average Bonchev–Trinajstić information content (AvgIpc) is 3.34. The van der Waals surface area contributed by atoms with E-state index in [0.29, 0.717) is 17.4 Å². The molecule has 0 aromatic heterocycles. The Morgan fingerprint density at radius 2 is 0.861 bits per heavy atom. The zero-order valence-corrected chi connectivity index (χ0v) is 48.5. The quantitative estimate of drug-likeness (QED) is 0.0272. The van der Waals surface area contributed by atoms with Crippen molar-refractivity contribution in [1.29, 1.82) is 0 Å². The van der Waals surface area contributed by atoms with Gasteiger partial charge in [-0.15, -0.1) is 0 Å². The minimum atomic E-state index is -4.62. The summed E-state index contributed by atoms with van der Waals surface area (Å²) in [6, 6.07) is -0.916. The number of phosphoric acid groups is 1. The Hall–Kier alpha value is -2.32. The molecule has 72 heavy (non-hydrogen) atoms. The molecule has 0 heterocycles. The summed E-state index contributed by atoms with van der Waals surface area (Å²) in [4.78, 5) is 25.5. The van der Waals surface area contributed by atoms with Crippen LogP contribution in [0.5, 0.6) is 0 Å². The van der Waals surface area contributed by atoms with Crippen LogP contribution in [0.1, 0.15) is 258 Å². The summed E-state index contributed by atoms with van der Waals surface area (Å²) in [5.74, 6) is -0.219. The highest BCUT2D eigenvalue weighted by molar-refractivity contribution is 7.45. The van der Waals surface area contributed by atoms with Gasteiger partial charge < -0.3 is 28.8 Å². The van der Waals surface area contributed by atoms with Crippen molar-refractivity contribution in [1.82, 2.24) is 5.32 Å². The summed E-state index contributed by atoms with van der Waals surface area (Å²) in [6.07, 6.45) is 75.3. The second-order valence-corrected chi connectivity index (χ2v) is 22.7. The van der Waals surface area contributed by atoms with Gasteiger partial charge in [0.1, 0.15) is 13.2 Å². The molecule has 0 aliphatic heterocycles. The molecule has 0 fully saturated rings. The number of quaternary nitrogens is 1. The van der Waals surface area contributed by atoms with Crippen molar-refractivity contribution in [2.75, 3.05) is 40.9 Å². The van der Waals surface area contributed by atoms with Crippen LogP contribution in [-0.4, -0.2) is 68.5 Å². The lowest BCUT2D eigenvalue weighted by Gasteiger charge is -2.29. The molecule has 1 amide bonds. The fraction of sp³-hybridized carbons (Fsp3) is 0.762. The Morgan fingerprint density at radius 3 is 1.29 bits per heavy atom. The lowest BCUT2D eigenvalue weighted by atomic mass is 10.0. The highest BCUT2D eigenvalue weighted by atomic mass is 31.2. The van der Waals surface area contributed by atoms with Crippen LogP contribution in [0, 0.1) is 0 Å². The minimum absolute atomic E-state index is 0.0127. The number of carbonyl (C=O) groups is 1. The number of rotatable bonds is 54. The Balaban J connectivity index is 4.27. The maximum absolute atomic E-state index is 13.0. The zero-order valence-electron chi connectivity index (χ0n) is 47.6. The molecular weight excluding hydrogens is 912 g/mol. The van der Waals surface area contributed by atoms with Gasteiger partial charge in [0.05, 0.1) is 39.9 Å². The SMILES string of the molecule is CC/C=C\C/C=C\C/C=C\C/C=C\C/C=C\CCCCCCCCCC(=O)NC(COP(=O)([O-])OCC[N+](C)(C)C)C(O)/C=C/CC/C=C/CCCCCCCCCCCCCCCCCCCCCCC. The van der Waals surface area contributed by atoms with Crippen molar-refractivity contribution < 1.29 is 32.9 Å². The number of aliphatic hydroxyl groups is 1. The molecule has 0 bridgehead atoms. The average molecular weight is 1030 g/mol. The third kappa shape index (κ3) is 55.4.